The normalized spacial score (nSPS) is 19.0. The fourth-order valence-electron chi connectivity index (χ4n) is 6.10. The topological polar surface area (TPSA) is 111 Å². The molecule has 1 fully saturated rings. The minimum absolute atomic E-state index is 0.0152. The van der Waals surface area contributed by atoms with Crippen LogP contribution in [-0.4, -0.2) is 78.4 Å². The van der Waals surface area contributed by atoms with E-state index >= 15 is 0 Å². The molecule has 44 heavy (non-hydrogen) atoms. The number of carbonyl (C=O) groups excluding carboxylic acids is 4. The Kier molecular flexibility index (Phi) is 13.5. The Morgan fingerprint density at radius 1 is 1.00 bits per heavy atom. The van der Waals surface area contributed by atoms with Crippen molar-refractivity contribution in [3.63, 3.8) is 0 Å². The molecular weight excluding hydrogens is 554 g/mol. The molecule has 5 amide bonds. The summed E-state index contributed by atoms with van der Waals surface area (Å²) < 4.78 is 0. The lowest BCUT2D eigenvalue weighted by molar-refractivity contribution is -0.135. The van der Waals surface area contributed by atoms with E-state index in [0.29, 0.717) is 32.1 Å². The first-order valence-corrected chi connectivity index (χ1v) is 16.9. The van der Waals surface area contributed by atoms with Crippen LogP contribution in [0, 0.1) is 17.3 Å². The van der Waals surface area contributed by atoms with Gasteiger partial charge in [-0.2, -0.15) is 0 Å². The van der Waals surface area contributed by atoms with Gasteiger partial charge in [0.1, 0.15) is 0 Å². The van der Waals surface area contributed by atoms with Crippen LogP contribution in [0.25, 0.3) is 0 Å². The third kappa shape index (κ3) is 10.5. The first kappa shape index (κ1) is 35.4. The lowest BCUT2D eigenvalue weighted by Gasteiger charge is -2.38. The molecule has 0 bridgehead atoms. The number of piperidine rings is 1. The highest BCUT2D eigenvalue weighted by atomic mass is 16.2. The van der Waals surface area contributed by atoms with Gasteiger partial charge in [0.2, 0.25) is 11.8 Å². The van der Waals surface area contributed by atoms with Crippen molar-refractivity contribution in [2.24, 2.45) is 17.3 Å². The Hall–Kier alpha value is -3.10. The molecule has 0 aliphatic carbocycles. The Labute approximate surface area is 265 Å². The zero-order valence-electron chi connectivity index (χ0n) is 28.0. The van der Waals surface area contributed by atoms with Gasteiger partial charge in [0.05, 0.1) is 18.5 Å². The van der Waals surface area contributed by atoms with E-state index in [9.17, 15) is 19.2 Å². The lowest BCUT2D eigenvalue weighted by Crippen LogP contribution is -2.56. The average molecular weight is 612 g/mol. The van der Waals surface area contributed by atoms with Crippen LogP contribution in [0.2, 0.25) is 0 Å². The molecule has 3 N–H and O–H groups in total. The molecule has 2 aliphatic rings. The molecule has 1 saturated heterocycles. The summed E-state index contributed by atoms with van der Waals surface area (Å²) in [7, 11) is 0. The molecule has 3 rings (SSSR count). The summed E-state index contributed by atoms with van der Waals surface area (Å²) in [6, 6.07) is 7.01. The highest BCUT2D eigenvalue weighted by Gasteiger charge is 2.33. The fourth-order valence-corrected chi connectivity index (χ4v) is 6.10. The van der Waals surface area contributed by atoms with Crippen LogP contribution in [0.1, 0.15) is 109 Å². The van der Waals surface area contributed by atoms with Gasteiger partial charge in [-0.25, -0.2) is 4.79 Å². The molecule has 0 saturated carbocycles. The summed E-state index contributed by atoms with van der Waals surface area (Å²) >= 11 is 0. The number of nitrogens with zero attached hydrogens (tertiary/aromatic N) is 2. The van der Waals surface area contributed by atoms with Gasteiger partial charge in [0.25, 0.3) is 5.91 Å². The van der Waals surface area contributed by atoms with Gasteiger partial charge in [0, 0.05) is 37.8 Å². The van der Waals surface area contributed by atoms with Gasteiger partial charge in [-0.05, 0) is 55.6 Å². The second-order valence-electron chi connectivity index (χ2n) is 14.1. The predicted molar refractivity (Wildman–Crippen MR) is 175 cm³/mol. The smallest absolute Gasteiger partial charge is 0.315 e. The van der Waals surface area contributed by atoms with Gasteiger partial charge in [-0.1, -0.05) is 84.9 Å². The Morgan fingerprint density at radius 3 is 2.45 bits per heavy atom. The Bertz CT molecular complexity index is 1120. The second-order valence-corrected chi connectivity index (χ2v) is 14.1. The molecule has 3 unspecified atom stereocenters. The number of hydrogen-bond acceptors (Lipinski definition) is 4. The average Bonchev–Trinajstić information content (AvgIpc) is 3.00. The van der Waals surface area contributed by atoms with Gasteiger partial charge in [-0.3, -0.25) is 14.4 Å². The standard InChI is InChI=1S/C35H57N5O4/c1-7-8-9-10-11-15-25(2)26(3)37-32(42)28-17-14-20-39(23-28)31(41)22-36-34(44)38-30(35(4,5)6)24-40-21-19-27-16-12-13-18-29(27)33(40)43/h12-13,16,18,25-26,28,30H,7-11,14-15,17,19-24H2,1-6H3,(H,37,42)(H2,36,38,44)/t25?,26?,28-,30?/m1/s1. The fraction of sp³-hybridized carbons (Fsp3) is 0.714. The number of urea groups is 1. The van der Waals surface area contributed by atoms with E-state index in [-0.39, 0.29) is 47.7 Å². The van der Waals surface area contributed by atoms with Crippen LogP contribution in [0.5, 0.6) is 0 Å². The van der Waals surface area contributed by atoms with E-state index in [1.807, 2.05) is 45.0 Å². The van der Waals surface area contributed by atoms with Crippen LogP contribution in [0.3, 0.4) is 0 Å². The van der Waals surface area contributed by atoms with Crippen LogP contribution in [0.15, 0.2) is 24.3 Å². The molecule has 0 aromatic heterocycles. The molecule has 246 valence electrons. The van der Waals surface area contributed by atoms with Crippen molar-refractivity contribution < 1.29 is 19.2 Å². The van der Waals surface area contributed by atoms with Gasteiger partial charge in [0.15, 0.2) is 0 Å². The van der Waals surface area contributed by atoms with Crippen molar-refractivity contribution in [1.82, 2.24) is 25.8 Å². The van der Waals surface area contributed by atoms with Crippen LogP contribution in [0.4, 0.5) is 4.79 Å². The zero-order chi connectivity index (χ0) is 32.3. The molecule has 9 heteroatoms. The minimum Gasteiger partial charge on any atom is -0.353 e. The summed E-state index contributed by atoms with van der Waals surface area (Å²) in [5.41, 5.74) is 1.46. The van der Waals surface area contributed by atoms with Gasteiger partial charge < -0.3 is 25.8 Å². The third-order valence-electron chi connectivity index (χ3n) is 9.47. The summed E-state index contributed by atoms with van der Waals surface area (Å²) in [6.07, 6.45) is 9.64. The third-order valence-corrected chi connectivity index (χ3v) is 9.47. The molecule has 1 aromatic carbocycles. The van der Waals surface area contributed by atoms with E-state index in [2.05, 4.69) is 36.7 Å². The van der Waals surface area contributed by atoms with E-state index in [0.717, 1.165) is 36.8 Å². The maximum absolute atomic E-state index is 13.1. The van der Waals surface area contributed by atoms with Crippen LogP contribution in [-0.2, 0) is 16.0 Å². The number of rotatable bonds is 14. The second kappa shape index (κ2) is 16.8. The summed E-state index contributed by atoms with van der Waals surface area (Å²) in [4.78, 5) is 55.7. The summed E-state index contributed by atoms with van der Waals surface area (Å²) in [5.74, 6) is -0.0280. The molecule has 0 spiro atoms. The van der Waals surface area contributed by atoms with Crippen molar-refractivity contribution in [3.8, 4) is 0 Å². The number of unbranched alkanes of at least 4 members (excludes halogenated alkanes) is 4. The number of fused-ring (bicyclic) bond motifs is 1. The first-order chi connectivity index (χ1) is 20.9. The molecule has 2 aliphatic heterocycles. The number of amides is 5. The monoisotopic (exact) mass is 611 g/mol. The quantitative estimate of drug-likeness (QED) is 0.253. The van der Waals surface area contributed by atoms with Crippen molar-refractivity contribution in [1.29, 1.82) is 0 Å². The van der Waals surface area contributed by atoms with Crippen molar-refractivity contribution in [2.45, 2.75) is 111 Å². The van der Waals surface area contributed by atoms with Crippen molar-refractivity contribution in [3.05, 3.63) is 35.4 Å². The zero-order valence-corrected chi connectivity index (χ0v) is 28.0. The lowest BCUT2D eigenvalue weighted by atomic mass is 9.85. The molecule has 2 heterocycles. The molecule has 1 aromatic rings. The number of likely N-dealkylation sites (tertiary alicyclic amines) is 1. The molecule has 0 radical (unpaired) electrons. The molecular formula is C35H57N5O4. The summed E-state index contributed by atoms with van der Waals surface area (Å²) in [6.45, 7) is 14.4. The maximum Gasteiger partial charge on any atom is 0.315 e. The number of nitrogens with one attached hydrogen (secondary N) is 3. The molecule has 4 atom stereocenters. The van der Waals surface area contributed by atoms with Crippen molar-refractivity contribution in [2.75, 3.05) is 32.7 Å². The predicted octanol–water partition coefficient (Wildman–Crippen LogP) is 5.14. The highest BCUT2D eigenvalue weighted by Crippen LogP contribution is 2.24. The number of hydrogen-bond donors (Lipinski definition) is 3. The van der Waals surface area contributed by atoms with E-state index in [1.54, 1.807) is 9.80 Å². The minimum atomic E-state index is -0.438. The van der Waals surface area contributed by atoms with E-state index in [1.165, 1.54) is 32.1 Å². The first-order valence-electron chi connectivity index (χ1n) is 16.9. The maximum atomic E-state index is 13.1. The SMILES string of the molecule is CCCCCCCC(C)C(C)NC(=O)[C@@H]1CCCN(C(=O)CNC(=O)NC(CN2CCc3ccccc3C2=O)C(C)(C)C)C1. The summed E-state index contributed by atoms with van der Waals surface area (Å²) in [5, 5.41) is 8.94. The number of benzene rings is 1. The van der Waals surface area contributed by atoms with E-state index in [4.69, 9.17) is 0 Å². The molecule has 9 nitrogen and oxygen atoms in total. The van der Waals surface area contributed by atoms with Gasteiger partial charge in [-0.15, -0.1) is 0 Å². The number of carbonyl (C=O) groups is 4. The Balaban J connectivity index is 1.45. The largest absolute Gasteiger partial charge is 0.353 e. The van der Waals surface area contributed by atoms with Crippen molar-refractivity contribution >= 4 is 23.8 Å². The van der Waals surface area contributed by atoms with Crippen LogP contribution < -0.4 is 16.0 Å². The van der Waals surface area contributed by atoms with Crippen LogP contribution >= 0.6 is 0 Å². The van der Waals surface area contributed by atoms with E-state index < -0.39 is 6.03 Å². The Morgan fingerprint density at radius 2 is 1.73 bits per heavy atom. The highest BCUT2D eigenvalue weighted by molar-refractivity contribution is 5.96. The van der Waals surface area contributed by atoms with Gasteiger partial charge >= 0.3 is 6.03 Å².